The Morgan fingerprint density at radius 3 is 2.65 bits per heavy atom. The van der Waals surface area contributed by atoms with Gasteiger partial charge in [0.2, 0.25) is 10.0 Å². The summed E-state index contributed by atoms with van der Waals surface area (Å²) < 4.78 is 52.5. The number of sulfonamides is 1. The van der Waals surface area contributed by atoms with E-state index < -0.39 is 32.2 Å². The molecule has 0 aliphatic carbocycles. The van der Waals surface area contributed by atoms with Crippen LogP contribution in [0.25, 0.3) is 0 Å². The van der Waals surface area contributed by atoms with E-state index in [0.717, 1.165) is 6.07 Å². The van der Waals surface area contributed by atoms with Gasteiger partial charge >= 0.3 is 0 Å². The van der Waals surface area contributed by atoms with Crippen LogP contribution in [0.2, 0.25) is 0 Å². The number of aromatic nitrogens is 2. The third-order valence-electron chi connectivity index (χ3n) is 2.41. The van der Waals surface area contributed by atoms with Crippen LogP contribution in [-0.4, -0.2) is 18.6 Å². The highest BCUT2D eigenvalue weighted by molar-refractivity contribution is 7.89. The van der Waals surface area contributed by atoms with E-state index in [-0.39, 0.29) is 6.54 Å². The molecule has 3 N–H and O–H groups in total. The smallest absolute Gasteiger partial charge is 0.243 e. The standard InChI is InChI=1S/C11H10F2N4O2S/c12-8-4-9(13)11(5-10(8)14)20(18,19)16-6-7-2-1-3-15-17-7/h1-5,16H,6,14H2. The lowest BCUT2D eigenvalue weighted by Gasteiger charge is -2.08. The summed E-state index contributed by atoms with van der Waals surface area (Å²) in [5.41, 5.74) is 5.14. The Balaban J connectivity index is 2.25. The minimum Gasteiger partial charge on any atom is -0.396 e. The summed E-state index contributed by atoms with van der Waals surface area (Å²) in [5.74, 6) is -2.24. The number of nitrogens with zero attached hydrogens (tertiary/aromatic N) is 2. The Labute approximate surface area is 113 Å². The third-order valence-corrected chi connectivity index (χ3v) is 3.83. The molecule has 0 atom stereocenters. The highest BCUT2D eigenvalue weighted by atomic mass is 32.2. The van der Waals surface area contributed by atoms with Crippen molar-refractivity contribution in [3.63, 3.8) is 0 Å². The predicted octanol–water partition coefficient (Wildman–Crippen LogP) is 0.815. The van der Waals surface area contributed by atoms with E-state index in [4.69, 9.17) is 5.73 Å². The molecule has 1 heterocycles. The summed E-state index contributed by atoms with van der Waals surface area (Å²) in [7, 11) is -4.17. The van der Waals surface area contributed by atoms with E-state index in [1.165, 1.54) is 6.20 Å². The molecule has 0 amide bonds. The molecule has 0 unspecified atom stereocenters. The van der Waals surface area contributed by atoms with Gasteiger partial charge in [0.25, 0.3) is 0 Å². The molecule has 0 aliphatic heterocycles. The molecular formula is C11H10F2N4O2S. The average Bonchev–Trinajstić information content (AvgIpc) is 2.42. The average molecular weight is 300 g/mol. The highest BCUT2D eigenvalue weighted by Gasteiger charge is 2.21. The number of hydrogen-bond donors (Lipinski definition) is 2. The summed E-state index contributed by atoms with van der Waals surface area (Å²) in [4.78, 5) is -0.722. The van der Waals surface area contributed by atoms with E-state index in [2.05, 4.69) is 14.9 Å². The number of halogens is 2. The number of nitrogens with one attached hydrogen (secondary N) is 1. The Kier molecular flexibility index (Phi) is 3.91. The molecule has 1 aromatic heterocycles. The van der Waals surface area contributed by atoms with Crippen LogP contribution in [0, 0.1) is 11.6 Å². The quantitative estimate of drug-likeness (QED) is 0.814. The van der Waals surface area contributed by atoms with E-state index in [1.54, 1.807) is 12.1 Å². The molecule has 1 aromatic carbocycles. The molecule has 106 valence electrons. The Morgan fingerprint density at radius 1 is 1.25 bits per heavy atom. The SMILES string of the molecule is Nc1cc(S(=O)(=O)NCc2cccnn2)c(F)cc1F. The van der Waals surface area contributed by atoms with Crippen molar-refractivity contribution in [2.75, 3.05) is 5.73 Å². The van der Waals surface area contributed by atoms with Crippen LogP contribution < -0.4 is 10.5 Å². The number of hydrogen-bond acceptors (Lipinski definition) is 5. The Hall–Kier alpha value is -2.13. The number of anilines is 1. The first-order valence-electron chi connectivity index (χ1n) is 5.41. The van der Waals surface area contributed by atoms with Gasteiger partial charge in [-0.05, 0) is 18.2 Å². The van der Waals surface area contributed by atoms with Gasteiger partial charge in [0.15, 0.2) is 0 Å². The Morgan fingerprint density at radius 2 is 2.00 bits per heavy atom. The Bertz CT molecular complexity index is 723. The maximum absolute atomic E-state index is 13.5. The second-order valence-corrected chi connectivity index (χ2v) is 5.58. The van der Waals surface area contributed by atoms with E-state index >= 15 is 0 Å². The first-order valence-corrected chi connectivity index (χ1v) is 6.89. The normalized spacial score (nSPS) is 11.5. The van der Waals surface area contributed by atoms with Gasteiger partial charge in [-0.1, -0.05) is 0 Å². The molecule has 0 aliphatic rings. The fourth-order valence-corrected chi connectivity index (χ4v) is 2.52. The molecule has 0 saturated carbocycles. The zero-order chi connectivity index (χ0) is 14.8. The molecule has 0 spiro atoms. The lowest BCUT2D eigenvalue weighted by Crippen LogP contribution is -2.25. The van der Waals surface area contributed by atoms with Crippen molar-refractivity contribution < 1.29 is 17.2 Å². The topological polar surface area (TPSA) is 98.0 Å². The lowest BCUT2D eigenvalue weighted by molar-refractivity contribution is 0.544. The monoisotopic (exact) mass is 300 g/mol. The number of nitrogens with two attached hydrogens (primary N) is 1. The molecule has 0 bridgehead atoms. The van der Waals surface area contributed by atoms with Crippen LogP contribution in [0.1, 0.15) is 5.69 Å². The van der Waals surface area contributed by atoms with Crippen LogP contribution >= 0.6 is 0 Å². The number of nitrogen functional groups attached to an aromatic ring is 1. The van der Waals surface area contributed by atoms with Gasteiger partial charge in [-0.15, -0.1) is 0 Å². The maximum Gasteiger partial charge on any atom is 0.243 e. The largest absolute Gasteiger partial charge is 0.396 e. The van der Waals surface area contributed by atoms with Gasteiger partial charge < -0.3 is 5.73 Å². The van der Waals surface area contributed by atoms with Crippen molar-refractivity contribution in [3.8, 4) is 0 Å². The van der Waals surface area contributed by atoms with Gasteiger partial charge in [-0.2, -0.15) is 10.2 Å². The zero-order valence-electron chi connectivity index (χ0n) is 10.0. The fraction of sp³-hybridized carbons (Fsp3) is 0.0909. The highest BCUT2D eigenvalue weighted by Crippen LogP contribution is 2.20. The first kappa shape index (κ1) is 14.3. The van der Waals surface area contributed by atoms with Crippen LogP contribution in [-0.2, 0) is 16.6 Å². The van der Waals surface area contributed by atoms with Crippen molar-refractivity contribution in [1.82, 2.24) is 14.9 Å². The van der Waals surface area contributed by atoms with Crippen molar-refractivity contribution >= 4 is 15.7 Å². The van der Waals surface area contributed by atoms with Crippen LogP contribution in [0.15, 0.2) is 35.4 Å². The molecule has 20 heavy (non-hydrogen) atoms. The molecule has 6 nitrogen and oxygen atoms in total. The van der Waals surface area contributed by atoms with Gasteiger partial charge in [0.05, 0.1) is 17.9 Å². The molecule has 2 rings (SSSR count). The second-order valence-electron chi connectivity index (χ2n) is 3.84. The zero-order valence-corrected chi connectivity index (χ0v) is 10.9. The van der Waals surface area contributed by atoms with Crippen LogP contribution in [0.4, 0.5) is 14.5 Å². The van der Waals surface area contributed by atoms with Gasteiger partial charge in [0, 0.05) is 12.3 Å². The minimum absolute atomic E-state index is 0.174. The summed E-state index contributed by atoms with van der Waals surface area (Å²) in [6.07, 6.45) is 1.43. The predicted molar refractivity (Wildman–Crippen MR) is 66.8 cm³/mol. The lowest BCUT2D eigenvalue weighted by atomic mass is 10.3. The fourth-order valence-electron chi connectivity index (χ4n) is 1.43. The summed E-state index contributed by atoms with van der Waals surface area (Å²) in [5, 5.41) is 7.25. The van der Waals surface area contributed by atoms with Crippen molar-refractivity contribution in [3.05, 3.63) is 47.8 Å². The van der Waals surface area contributed by atoms with E-state index in [1.807, 2.05) is 0 Å². The van der Waals surface area contributed by atoms with Crippen LogP contribution in [0.5, 0.6) is 0 Å². The maximum atomic E-state index is 13.5. The summed E-state index contributed by atoms with van der Waals surface area (Å²) in [6.45, 7) is -0.174. The minimum atomic E-state index is -4.17. The number of rotatable bonds is 4. The van der Waals surface area contributed by atoms with E-state index in [9.17, 15) is 17.2 Å². The molecule has 9 heteroatoms. The molecule has 0 radical (unpaired) electrons. The van der Waals surface area contributed by atoms with E-state index in [0.29, 0.717) is 11.8 Å². The first-order chi connectivity index (χ1) is 9.40. The molecule has 2 aromatic rings. The van der Waals surface area contributed by atoms with Crippen LogP contribution in [0.3, 0.4) is 0 Å². The molecule has 0 fully saturated rings. The van der Waals surface area contributed by atoms with Crippen molar-refractivity contribution in [2.45, 2.75) is 11.4 Å². The van der Waals surface area contributed by atoms with Gasteiger partial charge in [0.1, 0.15) is 16.5 Å². The summed E-state index contributed by atoms with van der Waals surface area (Å²) in [6, 6.07) is 4.27. The van der Waals surface area contributed by atoms with Crippen molar-refractivity contribution in [2.24, 2.45) is 0 Å². The molecule has 0 saturated heterocycles. The number of benzene rings is 1. The van der Waals surface area contributed by atoms with Crippen molar-refractivity contribution in [1.29, 1.82) is 0 Å². The summed E-state index contributed by atoms with van der Waals surface area (Å²) >= 11 is 0. The molecular weight excluding hydrogens is 290 g/mol. The third kappa shape index (κ3) is 3.06. The second kappa shape index (κ2) is 5.47. The van der Waals surface area contributed by atoms with Gasteiger partial charge in [-0.3, -0.25) is 0 Å². The van der Waals surface area contributed by atoms with Gasteiger partial charge in [-0.25, -0.2) is 21.9 Å².